The fourth-order valence-electron chi connectivity index (χ4n) is 2.10. The van der Waals surface area contributed by atoms with Crippen LogP contribution in [0.1, 0.15) is 47.5 Å². The van der Waals surface area contributed by atoms with E-state index in [0.717, 1.165) is 12.3 Å². The highest BCUT2D eigenvalue weighted by molar-refractivity contribution is 4.78. The van der Waals surface area contributed by atoms with Crippen LogP contribution >= 0.6 is 0 Å². The lowest BCUT2D eigenvalue weighted by Gasteiger charge is -2.38. The van der Waals surface area contributed by atoms with Crippen LogP contribution in [0.5, 0.6) is 0 Å². The van der Waals surface area contributed by atoms with Crippen LogP contribution in [0.3, 0.4) is 0 Å². The summed E-state index contributed by atoms with van der Waals surface area (Å²) in [5.41, 5.74) is 0. The van der Waals surface area contributed by atoms with Gasteiger partial charge in [0.25, 0.3) is 0 Å². The molecule has 0 rings (SSSR count). The summed E-state index contributed by atoms with van der Waals surface area (Å²) in [5, 5.41) is 0. The standard InChI is InChI=1S/C13H28O2/c1-10(2)8-9-12(11(3)4)13(5,14-6)15-7/h10-12H,8-9H2,1-7H3. The fourth-order valence-corrected chi connectivity index (χ4v) is 2.10. The lowest BCUT2D eigenvalue weighted by atomic mass is 9.82. The predicted molar refractivity (Wildman–Crippen MR) is 64.8 cm³/mol. The molecule has 0 amide bonds. The van der Waals surface area contributed by atoms with Gasteiger partial charge in [0.1, 0.15) is 0 Å². The van der Waals surface area contributed by atoms with Gasteiger partial charge in [-0.25, -0.2) is 0 Å². The van der Waals surface area contributed by atoms with Crippen LogP contribution in [-0.4, -0.2) is 20.0 Å². The molecule has 2 nitrogen and oxygen atoms in total. The molecule has 0 aliphatic carbocycles. The van der Waals surface area contributed by atoms with Crippen LogP contribution in [0.25, 0.3) is 0 Å². The van der Waals surface area contributed by atoms with Crippen LogP contribution in [0.4, 0.5) is 0 Å². The zero-order valence-corrected chi connectivity index (χ0v) is 11.5. The molecule has 0 bridgehead atoms. The van der Waals surface area contributed by atoms with E-state index in [1.54, 1.807) is 14.2 Å². The predicted octanol–water partition coefficient (Wildman–Crippen LogP) is 3.70. The fraction of sp³-hybridized carbons (Fsp3) is 1.00. The summed E-state index contributed by atoms with van der Waals surface area (Å²) in [4.78, 5) is 0. The molecule has 0 aromatic rings. The van der Waals surface area contributed by atoms with E-state index in [0.29, 0.717) is 11.8 Å². The normalized spacial score (nSPS) is 15.0. The van der Waals surface area contributed by atoms with Gasteiger partial charge in [0.05, 0.1) is 0 Å². The smallest absolute Gasteiger partial charge is 0.167 e. The molecule has 2 heteroatoms. The molecule has 0 saturated heterocycles. The first kappa shape index (κ1) is 14.9. The average Bonchev–Trinajstić information content (AvgIpc) is 2.16. The van der Waals surface area contributed by atoms with Crippen molar-refractivity contribution in [2.24, 2.45) is 17.8 Å². The number of hydrogen-bond acceptors (Lipinski definition) is 2. The van der Waals surface area contributed by atoms with Gasteiger partial charge in [0.15, 0.2) is 5.79 Å². The van der Waals surface area contributed by atoms with Crippen molar-refractivity contribution in [2.45, 2.75) is 53.2 Å². The van der Waals surface area contributed by atoms with Crippen molar-refractivity contribution in [1.82, 2.24) is 0 Å². The second kappa shape index (κ2) is 6.49. The van der Waals surface area contributed by atoms with E-state index in [-0.39, 0.29) is 0 Å². The van der Waals surface area contributed by atoms with E-state index < -0.39 is 5.79 Å². The van der Waals surface area contributed by atoms with E-state index in [1.807, 2.05) is 6.92 Å². The van der Waals surface area contributed by atoms with Crippen LogP contribution in [-0.2, 0) is 9.47 Å². The molecule has 0 saturated carbocycles. The Balaban J connectivity index is 4.49. The van der Waals surface area contributed by atoms with Crippen molar-refractivity contribution < 1.29 is 9.47 Å². The lowest BCUT2D eigenvalue weighted by Crippen LogP contribution is -2.41. The molecule has 0 spiro atoms. The second-order valence-corrected chi connectivity index (χ2v) is 5.25. The first-order valence-corrected chi connectivity index (χ1v) is 5.97. The van der Waals surface area contributed by atoms with Gasteiger partial charge in [0.2, 0.25) is 0 Å². The number of methoxy groups -OCH3 is 2. The zero-order chi connectivity index (χ0) is 12.1. The summed E-state index contributed by atoms with van der Waals surface area (Å²) in [6.07, 6.45) is 2.39. The topological polar surface area (TPSA) is 18.5 Å². The largest absolute Gasteiger partial charge is 0.353 e. The Kier molecular flexibility index (Phi) is 6.46. The SMILES string of the molecule is COC(C)(OC)C(CCC(C)C)C(C)C. The van der Waals surface area contributed by atoms with Gasteiger partial charge in [-0.2, -0.15) is 0 Å². The van der Waals surface area contributed by atoms with Gasteiger partial charge < -0.3 is 9.47 Å². The summed E-state index contributed by atoms with van der Waals surface area (Å²) in [7, 11) is 3.46. The number of hydrogen-bond donors (Lipinski definition) is 0. The summed E-state index contributed by atoms with van der Waals surface area (Å²) in [6.45, 7) is 11.0. The van der Waals surface area contributed by atoms with Crippen LogP contribution < -0.4 is 0 Å². The minimum absolute atomic E-state index is 0.441. The molecule has 0 aromatic heterocycles. The first-order chi connectivity index (χ1) is 6.87. The van der Waals surface area contributed by atoms with Crippen molar-refractivity contribution in [2.75, 3.05) is 14.2 Å². The molecule has 0 heterocycles. The van der Waals surface area contributed by atoms with Crippen molar-refractivity contribution in [1.29, 1.82) is 0 Å². The Morgan fingerprint density at radius 1 is 0.933 bits per heavy atom. The minimum atomic E-state index is -0.441. The molecule has 0 fully saturated rings. The van der Waals surface area contributed by atoms with Gasteiger partial charge in [0, 0.05) is 20.1 Å². The van der Waals surface area contributed by atoms with Gasteiger partial charge >= 0.3 is 0 Å². The van der Waals surface area contributed by atoms with Crippen molar-refractivity contribution >= 4 is 0 Å². The highest BCUT2D eigenvalue weighted by Gasteiger charge is 2.35. The van der Waals surface area contributed by atoms with Gasteiger partial charge in [-0.15, -0.1) is 0 Å². The molecular weight excluding hydrogens is 188 g/mol. The minimum Gasteiger partial charge on any atom is -0.353 e. The third-order valence-corrected chi connectivity index (χ3v) is 3.34. The van der Waals surface area contributed by atoms with Crippen molar-refractivity contribution in [3.05, 3.63) is 0 Å². The third kappa shape index (κ3) is 4.52. The molecule has 0 aliphatic rings. The molecule has 15 heavy (non-hydrogen) atoms. The Labute approximate surface area is 95.3 Å². The molecule has 0 N–H and O–H groups in total. The maximum absolute atomic E-state index is 5.52. The molecule has 1 unspecified atom stereocenters. The summed E-state index contributed by atoms with van der Waals surface area (Å²) in [5.74, 6) is 1.33. The quantitative estimate of drug-likeness (QED) is 0.604. The molecule has 1 atom stereocenters. The van der Waals surface area contributed by atoms with Crippen LogP contribution in [0.2, 0.25) is 0 Å². The van der Waals surface area contributed by atoms with Gasteiger partial charge in [-0.05, 0) is 25.2 Å². The highest BCUT2D eigenvalue weighted by Crippen LogP contribution is 2.33. The molecular formula is C13H28O2. The Hall–Kier alpha value is -0.0800. The van der Waals surface area contributed by atoms with Gasteiger partial charge in [-0.1, -0.05) is 34.1 Å². The average molecular weight is 216 g/mol. The van der Waals surface area contributed by atoms with Crippen LogP contribution in [0, 0.1) is 17.8 Å². The van der Waals surface area contributed by atoms with E-state index in [4.69, 9.17) is 9.47 Å². The van der Waals surface area contributed by atoms with Gasteiger partial charge in [-0.3, -0.25) is 0 Å². The summed E-state index contributed by atoms with van der Waals surface area (Å²) in [6, 6.07) is 0. The van der Waals surface area contributed by atoms with E-state index in [1.165, 1.54) is 6.42 Å². The first-order valence-electron chi connectivity index (χ1n) is 5.97. The Morgan fingerprint density at radius 2 is 1.40 bits per heavy atom. The molecule has 0 aromatic carbocycles. The van der Waals surface area contributed by atoms with Crippen molar-refractivity contribution in [3.8, 4) is 0 Å². The number of rotatable bonds is 7. The maximum Gasteiger partial charge on any atom is 0.167 e. The molecule has 0 radical (unpaired) electrons. The molecule has 92 valence electrons. The number of ether oxygens (including phenoxy) is 2. The summed E-state index contributed by atoms with van der Waals surface area (Å²) >= 11 is 0. The maximum atomic E-state index is 5.52. The molecule has 0 aliphatic heterocycles. The third-order valence-electron chi connectivity index (χ3n) is 3.34. The zero-order valence-electron chi connectivity index (χ0n) is 11.5. The second-order valence-electron chi connectivity index (χ2n) is 5.25. The van der Waals surface area contributed by atoms with E-state index in [2.05, 4.69) is 27.7 Å². The Morgan fingerprint density at radius 3 is 1.67 bits per heavy atom. The van der Waals surface area contributed by atoms with E-state index in [9.17, 15) is 0 Å². The Bertz CT molecular complexity index is 160. The monoisotopic (exact) mass is 216 g/mol. The summed E-state index contributed by atoms with van der Waals surface area (Å²) < 4.78 is 11.0. The lowest BCUT2D eigenvalue weighted by molar-refractivity contribution is -0.237. The van der Waals surface area contributed by atoms with E-state index >= 15 is 0 Å². The van der Waals surface area contributed by atoms with Crippen LogP contribution in [0.15, 0.2) is 0 Å². The highest BCUT2D eigenvalue weighted by atomic mass is 16.7. The van der Waals surface area contributed by atoms with Crippen molar-refractivity contribution in [3.63, 3.8) is 0 Å².